The second kappa shape index (κ2) is 7.13. The molecule has 0 bridgehead atoms. The molecular weight excluding hydrogens is 398 g/mol. The smallest absolute Gasteiger partial charge is 0.263 e. The summed E-state index contributed by atoms with van der Waals surface area (Å²) in [5, 5.41) is 11.8. The lowest BCUT2D eigenvalue weighted by Gasteiger charge is -2.07. The summed E-state index contributed by atoms with van der Waals surface area (Å²) in [7, 11) is -3.65. The van der Waals surface area contributed by atoms with Gasteiger partial charge in [0.05, 0.1) is 4.90 Å². The van der Waals surface area contributed by atoms with E-state index in [2.05, 4.69) is 25.2 Å². The maximum Gasteiger partial charge on any atom is 0.263 e. The quantitative estimate of drug-likeness (QED) is 0.681. The number of hydrogen-bond acceptors (Lipinski definition) is 7. The van der Waals surface area contributed by atoms with E-state index in [0.29, 0.717) is 15.7 Å². The average molecular weight is 413 g/mol. The van der Waals surface area contributed by atoms with Gasteiger partial charge in [-0.1, -0.05) is 53.8 Å². The Kier molecular flexibility index (Phi) is 4.65. The number of anilines is 1. The van der Waals surface area contributed by atoms with Crippen molar-refractivity contribution in [2.45, 2.75) is 17.9 Å². The van der Waals surface area contributed by atoms with Crippen LogP contribution in [0, 0.1) is 0 Å². The standard InChI is InChI=1S/C18H15N5O3S2/c1-11(19-15-13-9-5-6-10-14(13)28(25,26)23-15)16(24)20-18-22-21-17(27-18)12-7-3-2-4-8-12/h2-11H,1H3,(H,19,23)(H,20,22,24)/t11-/m0/s1. The van der Waals surface area contributed by atoms with Crippen LogP contribution in [0.3, 0.4) is 0 Å². The summed E-state index contributed by atoms with van der Waals surface area (Å²) in [5.41, 5.74) is 1.36. The van der Waals surface area contributed by atoms with E-state index < -0.39 is 22.0 Å². The van der Waals surface area contributed by atoms with Gasteiger partial charge in [-0.05, 0) is 19.1 Å². The summed E-state index contributed by atoms with van der Waals surface area (Å²) in [5.74, 6) is -0.257. The zero-order valence-corrected chi connectivity index (χ0v) is 16.3. The molecule has 0 spiro atoms. The van der Waals surface area contributed by atoms with Crippen LogP contribution in [0.1, 0.15) is 12.5 Å². The van der Waals surface area contributed by atoms with E-state index in [1.165, 1.54) is 17.4 Å². The number of sulfonamides is 1. The first kappa shape index (κ1) is 18.3. The molecule has 0 saturated heterocycles. The summed E-state index contributed by atoms with van der Waals surface area (Å²) < 4.78 is 26.7. The number of hydrogen-bond donors (Lipinski definition) is 2. The summed E-state index contributed by atoms with van der Waals surface area (Å²) in [6.07, 6.45) is 0. The topological polar surface area (TPSA) is 113 Å². The number of nitrogens with one attached hydrogen (secondary N) is 2. The number of amidine groups is 1. The molecule has 142 valence electrons. The van der Waals surface area contributed by atoms with E-state index in [1.807, 2.05) is 30.3 Å². The molecule has 28 heavy (non-hydrogen) atoms. The van der Waals surface area contributed by atoms with E-state index in [9.17, 15) is 13.2 Å². The number of carbonyl (C=O) groups is 1. The third kappa shape index (κ3) is 3.51. The summed E-state index contributed by atoms with van der Waals surface area (Å²) >= 11 is 1.25. The van der Waals surface area contributed by atoms with Crippen molar-refractivity contribution < 1.29 is 13.2 Å². The average Bonchev–Trinajstić information content (AvgIpc) is 3.25. The first-order chi connectivity index (χ1) is 13.4. The van der Waals surface area contributed by atoms with Gasteiger partial charge in [0.15, 0.2) is 0 Å². The maximum atomic E-state index is 12.5. The summed E-state index contributed by atoms with van der Waals surface area (Å²) in [6.45, 7) is 1.58. The molecule has 2 heterocycles. The Bertz CT molecular complexity index is 1170. The minimum Gasteiger partial charge on any atom is -0.299 e. The fourth-order valence-electron chi connectivity index (χ4n) is 2.66. The first-order valence-electron chi connectivity index (χ1n) is 8.34. The Morgan fingerprint density at radius 2 is 1.82 bits per heavy atom. The second-order valence-electron chi connectivity index (χ2n) is 6.02. The van der Waals surface area contributed by atoms with Gasteiger partial charge >= 0.3 is 0 Å². The van der Waals surface area contributed by atoms with E-state index in [0.717, 1.165) is 5.56 Å². The van der Waals surface area contributed by atoms with Crippen molar-refractivity contribution in [2.24, 2.45) is 4.99 Å². The molecule has 3 aromatic rings. The number of fused-ring (bicyclic) bond motifs is 1. The number of amides is 1. The van der Waals surface area contributed by atoms with Crippen LogP contribution in [0.2, 0.25) is 0 Å². The molecule has 0 saturated carbocycles. The highest BCUT2D eigenvalue weighted by Gasteiger charge is 2.31. The Balaban J connectivity index is 1.51. The number of rotatable bonds is 4. The van der Waals surface area contributed by atoms with Crippen LogP contribution in [0.4, 0.5) is 5.13 Å². The molecule has 1 aliphatic rings. The Morgan fingerprint density at radius 3 is 2.61 bits per heavy atom. The van der Waals surface area contributed by atoms with Gasteiger partial charge in [-0.25, -0.2) is 8.42 Å². The lowest BCUT2D eigenvalue weighted by atomic mass is 10.2. The first-order valence-corrected chi connectivity index (χ1v) is 10.6. The summed E-state index contributed by atoms with van der Waals surface area (Å²) in [4.78, 5) is 16.9. The third-order valence-electron chi connectivity index (χ3n) is 4.04. The van der Waals surface area contributed by atoms with E-state index >= 15 is 0 Å². The highest BCUT2D eigenvalue weighted by atomic mass is 32.2. The number of carbonyl (C=O) groups excluding carboxylic acids is 1. The molecule has 1 aliphatic heterocycles. The van der Waals surface area contributed by atoms with Crippen molar-refractivity contribution >= 4 is 38.2 Å². The zero-order chi connectivity index (χ0) is 19.7. The molecule has 0 aliphatic carbocycles. The second-order valence-corrected chi connectivity index (χ2v) is 8.65. The molecule has 0 radical (unpaired) electrons. The zero-order valence-electron chi connectivity index (χ0n) is 14.7. The van der Waals surface area contributed by atoms with Gasteiger partial charge in [-0.3, -0.25) is 19.8 Å². The van der Waals surface area contributed by atoms with Crippen molar-refractivity contribution in [2.75, 3.05) is 5.32 Å². The fourth-order valence-corrected chi connectivity index (χ4v) is 4.65. The van der Waals surface area contributed by atoms with Gasteiger partial charge in [0, 0.05) is 11.1 Å². The van der Waals surface area contributed by atoms with Crippen LogP contribution in [-0.4, -0.2) is 36.4 Å². The minimum absolute atomic E-state index is 0.151. The lowest BCUT2D eigenvalue weighted by Crippen LogP contribution is -2.28. The van der Waals surface area contributed by atoms with Gasteiger partial charge < -0.3 is 0 Å². The van der Waals surface area contributed by atoms with E-state index in [1.54, 1.807) is 25.1 Å². The van der Waals surface area contributed by atoms with E-state index in [-0.39, 0.29) is 10.7 Å². The third-order valence-corrected chi connectivity index (χ3v) is 6.33. The van der Waals surface area contributed by atoms with Gasteiger partial charge in [-0.2, -0.15) is 0 Å². The highest BCUT2D eigenvalue weighted by Crippen LogP contribution is 2.26. The molecule has 0 unspecified atom stereocenters. The summed E-state index contributed by atoms with van der Waals surface area (Å²) in [6, 6.07) is 15.2. The predicted molar refractivity (Wildman–Crippen MR) is 107 cm³/mol. The van der Waals surface area contributed by atoms with Gasteiger partial charge in [0.2, 0.25) is 5.13 Å². The van der Waals surface area contributed by atoms with Gasteiger partial charge in [0.1, 0.15) is 16.9 Å². The van der Waals surface area contributed by atoms with Crippen LogP contribution in [0.25, 0.3) is 10.6 Å². The molecular formula is C18H15N5O3S2. The van der Waals surface area contributed by atoms with Crippen LogP contribution in [-0.2, 0) is 14.8 Å². The fraction of sp³-hybridized carbons (Fsp3) is 0.111. The largest absolute Gasteiger partial charge is 0.299 e. The molecule has 2 N–H and O–H groups in total. The SMILES string of the molecule is C[C@H](N=C1NS(=O)(=O)c2ccccc21)C(=O)Nc1nnc(-c2ccccc2)s1. The molecule has 1 amide bonds. The van der Waals surface area contributed by atoms with Gasteiger partial charge in [0.25, 0.3) is 15.9 Å². The van der Waals surface area contributed by atoms with Crippen molar-refractivity contribution in [3.63, 3.8) is 0 Å². The van der Waals surface area contributed by atoms with Crippen LogP contribution in [0.5, 0.6) is 0 Å². The van der Waals surface area contributed by atoms with Crippen molar-refractivity contribution in [1.82, 2.24) is 14.9 Å². The van der Waals surface area contributed by atoms with Crippen molar-refractivity contribution in [1.29, 1.82) is 0 Å². The molecule has 0 fully saturated rings. The predicted octanol–water partition coefficient (Wildman–Crippen LogP) is 2.27. The monoisotopic (exact) mass is 413 g/mol. The lowest BCUT2D eigenvalue weighted by molar-refractivity contribution is -0.117. The van der Waals surface area contributed by atoms with Crippen LogP contribution < -0.4 is 10.0 Å². The number of benzene rings is 2. The molecule has 2 aromatic carbocycles. The Morgan fingerprint density at radius 1 is 1.11 bits per heavy atom. The normalized spacial score (nSPS) is 17.0. The molecule has 1 atom stereocenters. The van der Waals surface area contributed by atoms with Crippen molar-refractivity contribution in [3.05, 3.63) is 60.2 Å². The van der Waals surface area contributed by atoms with Crippen molar-refractivity contribution in [3.8, 4) is 10.6 Å². The number of aliphatic imine (C=N–C) groups is 1. The molecule has 10 heteroatoms. The maximum absolute atomic E-state index is 12.5. The minimum atomic E-state index is -3.65. The Hall–Kier alpha value is -3.11. The molecule has 8 nitrogen and oxygen atoms in total. The molecule has 1 aromatic heterocycles. The van der Waals surface area contributed by atoms with Crippen LogP contribution >= 0.6 is 11.3 Å². The van der Waals surface area contributed by atoms with Gasteiger partial charge in [-0.15, -0.1) is 10.2 Å². The Labute approximate surface area is 165 Å². The van der Waals surface area contributed by atoms with E-state index in [4.69, 9.17) is 0 Å². The molecule has 4 rings (SSSR count). The van der Waals surface area contributed by atoms with Crippen LogP contribution in [0.15, 0.2) is 64.5 Å². The number of aromatic nitrogens is 2. The number of nitrogens with zero attached hydrogens (tertiary/aromatic N) is 3. The highest BCUT2D eigenvalue weighted by molar-refractivity contribution is 7.90.